The highest BCUT2D eigenvalue weighted by Crippen LogP contribution is 2.75. The molecule has 2 aliphatic heterocycles. The van der Waals surface area contributed by atoms with Crippen molar-refractivity contribution in [1.82, 2.24) is 0 Å². The Hall–Kier alpha value is -2.26. The van der Waals surface area contributed by atoms with Gasteiger partial charge in [0.2, 0.25) is 0 Å². The van der Waals surface area contributed by atoms with Crippen LogP contribution in [0.15, 0.2) is 121 Å². The zero-order valence-electron chi connectivity index (χ0n) is 21.0. The molecule has 0 radical (unpaired) electrons. The molecule has 6 rings (SSSR count). The molecule has 4 unspecified atom stereocenters. The van der Waals surface area contributed by atoms with Crippen molar-refractivity contribution in [3.63, 3.8) is 0 Å². The van der Waals surface area contributed by atoms with Gasteiger partial charge in [0.25, 0.3) is 0 Å². The average molecular weight is 507 g/mol. The quantitative estimate of drug-likeness (QED) is 0.219. The average Bonchev–Trinajstić information content (AvgIpc) is 3.58. The lowest BCUT2D eigenvalue weighted by Gasteiger charge is -2.32. The normalized spacial score (nSPS) is 27.8. The van der Waals surface area contributed by atoms with Crippen LogP contribution in [0.2, 0.25) is 0 Å². The predicted molar refractivity (Wildman–Crippen MR) is 159 cm³/mol. The second kappa shape index (κ2) is 11.4. The molecule has 0 nitrogen and oxygen atoms in total. The van der Waals surface area contributed by atoms with Gasteiger partial charge in [-0.2, -0.15) is 0 Å². The summed E-state index contributed by atoms with van der Waals surface area (Å²) in [5, 5.41) is 0. The third-order valence-corrected chi connectivity index (χ3v) is 15.6. The van der Waals surface area contributed by atoms with E-state index in [0.717, 1.165) is 22.6 Å². The van der Waals surface area contributed by atoms with E-state index in [1.165, 1.54) is 38.0 Å². The molecule has 2 heterocycles. The van der Waals surface area contributed by atoms with Crippen molar-refractivity contribution in [2.24, 2.45) is 0 Å². The van der Waals surface area contributed by atoms with Crippen LogP contribution in [0, 0.1) is 0 Å². The SMILES string of the molecule is c1ccc(C2CCC(c3ccccc3)P2CCP2C(c3ccccc3)CC[C@H]2c2ccccc2)cc1. The minimum Gasteiger partial charge on any atom is -0.0910 e. The van der Waals surface area contributed by atoms with Gasteiger partial charge >= 0.3 is 0 Å². The van der Waals surface area contributed by atoms with E-state index in [2.05, 4.69) is 121 Å². The van der Waals surface area contributed by atoms with E-state index in [-0.39, 0.29) is 15.8 Å². The molecule has 4 aromatic carbocycles. The third-order valence-electron chi connectivity index (χ3n) is 8.38. The molecule has 0 N–H and O–H groups in total. The van der Waals surface area contributed by atoms with Gasteiger partial charge in [-0.3, -0.25) is 0 Å². The van der Waals surface area contributed by atoms with Crippen LogP contribution >= 0.6 is 15.8 Å². The fraction of sp³-hybridized carbons (Fsp3) is 0.294. The number of rotatable bonds is 7. The van der Waals surface area contributed by atoms with Gasteiger partial charge in [-0.1, -0.05) is 137 Å². The van der Waals surface area contributed by atoms with Gasteiger partial charge in [-0.15, -0.1) is 0 Å². The van der Waals surface area contributed by atoms with E-state index in [0.29, 0.717) is 0 Å². The number of hydrogen-bond donors (Lipinski definition) is 0. The Labute approximate surface area is 219 Å². The molecule has 0 aliphatic carbocycles. The zero-order valence-corrected chi connectivity index (χ0v) is 22.8. The van der Waals surface area contributed by atoms with Crippen molar-refractivity contribution >= 4 is 15.8 Å². The van der Waals surface area contributed by atoms with Crippen molar-refractivity contribution < 1.29 is 0 Å². The number of benzene rings is 4. The maximum atomic E-state index is 2.40. The summed E-state index contributed by atoms with van der Waals surface area (Å²) in [6.45, 7) is 0. The van der Waals surface area contributed by atoms with Crippen LogP contribution in [0.3, 0.4) is 0 Å². The van der Waals surface area contributed by atoms with Crippen molar-refractivity contribution in [2.45, 2.75) is 48.3 Å². The van der Waals surface area contributed by atoms with Gasteiger partial charge in [0.1, 0.15) is 0 Å². The fourth-order valence-electron chi connectivity index (χ4n) is 6.72. The van der Waals surface area contributed by atoms with Crippen LogP contribution in [0.5, 0.6) is 0 Å². The monoisotopic (exact) mass is 506 g/mol. The van der Waals surface area contributed by atoms with Gasteiger partial charge in [-0.05, 0) is 60.3 Å². The van der Waals surface area contributed by atoms with Crippen LogP contribution in [0.25, 0.3) is 0 Å². The Morgan fingerprint density at radius 1 is 0.361 bits per heavy atom. The van der Waals surface area contributed by atoms with E-state index in [9.17, 15) is 0 Å². The van der Waals surface area contributed by atoms with Gasteiger partial charge < -0.3 is 0 Å². The summed E-state index contributed by atoms with van der Waals surface area (Å²) in [6.07, 6.45) is 8.20. The second-order valence-electron chi connectivity index (χ2n) is 10.3. The van der Waals surface area contributed by atoms with E-state index in [1.807, 2.05) is 0 Å². The zero-order chi connectivity index (χ0) is 24.2. The maximum absolute atomic E-state index is 2.40. The van der Waals surface area contributed by atoms with Crippen molar-refractivity contribution in [3.05, 3.63) is 144 Å². The highest BCUT2D eigenvalue weighted by molar-refractivity contribution is 7.62. The second-order valence-corrected chi connectivity index (χ2v) is 15.8. The first kappa shape index (κ1) is 24.1. The van der Waals surface area contributed by atoms with Gasteiger partial charge in [0.05, 0.1) is 0 Å². The summed E-state index contributed by atoms with van der Waals surface area (Å²) in [5.41, 5.74) is 9.31. The van der Waals surface area contributed by atoms with Gasteiger partial charge in [0, 0.05) is 22.6 Å². The van der Waals surface area contributed by atoms with Crippen molar-refractivity contribution in [3.8, 4) is 0 Å². The maximum Gasteiger partial charge on any atom is 0.00477 e. The molecular formula is C34H36P2. The Morgan fingerprint density at radius 2 is 0.583 bits per heavy atom. The number of hydrogen-bond acceptors (Lipinski definition) is 0. The predicted octanol–water partition coefficient (Wildman–Crippen LogP) is 10.5. The summed E-state index contributed by atoms with van der Waals surface area (Å²) in [6, 6.07) is 45.8. The summed E-state index contributed by atoms with van der Waals surface area (Å²) >= 11 is 0. The van der Waals surface area contributed by atoms with Crippen molar-refractivity contribution in [2.75, 3.05) is 12.3 Å². The topological polar surface area (TPSA) is 0 Å². The molecule has 0 saturated carbocycles. The van der Waals surface area contributed by atoms with Crippen LogP contribution in [-0.4, -0.2) is 12.3 Å². The van der Waals surface area contributed by atoms with E-state index in [4.69, 9.17) is 0 Å². The van der Waals surface area contributed by atoms with Gasteiger partial charge in [0.15, 0.2) is 0 Å². The van der Waals surface area contributed by atoms with Crippen LogP contribution in [0.4, 0.5) is 0 Å². The van der Waals surface area contributed by atoms with Crippen LogP contribution < -0.4 is 0 Å². The molecular weight excluding hydrogens is 470 g/mol. The molecule has 2 fully saturated rings. The molecule has 0 aromatic heterocycles. The molecule has 0 bridgehead atoms. The highest BCUT2D eigenvalue weighted by Gasteiger charge is 2.41. The molecule has 2 aliphatic rings. The van der Waals surface area contributed by atoms with Crippen LogP contribution in [-0.2, 0) is 0 Å². The van der Waals surface area contributed by atoms with Gasteiger partial charge in [-0.25, -0.2) is 0 Å². The summed E-state index contributed by atoms with van der Waals surface area (Å²) in [4.78, 5) is 0. The highest BCUT2D eigenvalue weighted by atomic mass is 31.1. The molecule has 4 aromatic rings. The standard InChI is InChI=1S/C34H36P2/c1-5-13-27(14-6-1)31-21-22-32(28-15-7-2-8-16-28)35(31)25-26-36-33(29-17-9-3-10-18-29)23-24-34(36)30-19-11-4-12-20-30/h1-20,31-34H,21-26H2/t31-,32?,33?,34?,35?,36?/m0/s1. The van der Waals surface area contributed by atoms with E-state index in [1.54, 1.807) is 22.3 Å². The first-order valence-corrected chi connectivity index (χ1v) is 16.9. The smallest absolute Gasteiger partial charge is 0.00477 e. The van der Waals surface area contributed by atoms with Crippen molar-refractivity contribution in [1.29, 1.82) is 0 Å². The van der Waals surface area contributed by atoms with E-state index < -0.39 is 0 Å². The Morgan fingerprint density at radius 3 is 0.806 bits per heavy atom. The Balaban J connectivity index is 1.30. The molecule has 0 amide bonds. The first-order valence-electron chi connectivity index (χ1n) is 13.6. The molecule has 5 atom stereocenters. The lowest BCUT2D eigenvalue weighted by Crippen LogP contribution is -2.05. The summed E-state index contributed by atoms with van der Waals surface area (Å²) in [7, 11) is -0.201. The summed E-state index contributed by atoms with van der Waals surface area (Å²) < 4.78 is 0. The molecule has 36 heavy (non-hydrogen) atoms. The largest absolute Gasteiger partial charge is 0.0910 e. The molecule has 2 saturated heterocycles. The third kappa shape index (κ3) is 5.09. The minimum absolute atomic E-state index is 0.100. The Bertz CT molecular complexity index is 1020. The first-order chi connectivity index (χ1) is 17.9. The fourth-order valence-corrected chi connectivity index (χ4v) is 14.8. The van der Waals surface area contributed by atoms with E-state index >= 15 is 0 Å². The lowest BCUT2D eigenvalue weighted by molar-refractivity contribution is 0.765. The lowest BCUT2D eigenvalue weighted by atomic mass is 10.0. The molecule has 0 spiro atoms. The molecule has 182 valence electrons. The summed E-state index contributed by atoms with van der Waals surface area (Å²) in [5.74, 6) is 0. The van der Waals surface area contributed by atoms with Crippen LogP contribution in [0.1, 0.15) is 70.6 Å². The molecule has 2 heteroatoms. The Kier molecular flexibility index (Phi) is 7.65. The minimum atomic E-state index is -0.100.